The molecule has 0 aliphatic carbocycles. The number of piperidine rings is 1. The van der Waals surface area contributed by atoms with Crippen LogP contribution in [0.3, 0.4) is 0 Å². The lowest BCUT2D eigenvalue weighted by Crippen LogP contribution is -2.43. The zero-order valence-electron chi connectivity index (χ0n) is 21.0. The number of halogens is 1. The van der Waals surface area contributed by atoms with E-state index in [2.05, 4.69) is 36.3 Å². The number of hydrogen-bond acceptors (Lipinski definition) is 3. The van der Waals surface area contributed by atoms with Gasteiger partial charge in [0.25, 0.3) is 10.0 Å². The Morgan fingerprint density at radius 2 is 1.71 bits per heavy atom. The summed E-state index contributed by atoms with van der Waals surface area (Å²) in [5, 5.41) is 1.000. The number of rotatable bonds is 5. The summed E-state index contributed by atoms with van der Waals surface area (Å²) in [7, 11) is -1.85. The Kier molecular flexibility index (Phi) is 6.70. The van der Waals surface area contributed by atoms with Crippen LogP contribution >= 0.6 is 0 Å². The van der Waals surface area contributed by atoms with Crippen LogP contribution in [0, 0.1) is 17.2 Å². The number of hydrogen-bond donors (Lipinski definition) is 1. The largest absolute Gasteiger partial charge is 0.350 e. The first-order valence-electron chi connectivity index (χ1n) is 12.0. The van der Waals surface area contributed by atoms with Gasteiger partial charge in [0.2, 0.25) is 5.91 Å². The molecule has 0 radical (unpaired) electrons. The summed E-state index contributed by atoms with van der Waals surface area (Å²) in [6.07, 6.45) is 3.85. The van der Waals surface area contributed by atoms with Gasteiger partial charge in [-0.05, 0) is 72.2 Å². The molecule has 0 saturated carbocycles. The van der Waals surface area contributed by atoms with Gasteiger partial charge in [-0.2, -0.15) is 0 Å². The second-order valence-electron chi connectivity index (χ2n) is 10.7. The molecule has 0 spiro atoms. The zero-order chi connectivity index (χ0) is 25.5. The Morgan fingerprint density at radius 3 is 2.31 bits per heavy atom. The standard InChI is InChI=1S/C27H34FN3O3S/c1-18(27(2,3)4)26(32)31-14-12-19(13-15-31)24-17-30(5)25-11-8-21(16-23(24)25)29-35(33,34)22-9-6-20(28)7-10-22/h6-11,16-19,29H,12-15H2,1-5H3/t18-/m0/s1. The maximum absolute atomic E-state index is 13.2. The average Bonchev–Trinajstić information content (AvgIpc) is 3.13. The van der Waals surface area contributed by atoms with E-state index in [-0.39, 0.29) is 28.1 Å². The van der Waals surface area contributed by atoms with Crippen molar-refractivity contribution in [2.24, 2.45) is 18.4 Å². The molecule has 1 aliphatic heterocycles. The van der Waals surface area contributed by atoms with E-state index in [0.29, 0.717) is 5.69 Å². The van der Waals surface area contributed by atoms with E-state index in [9.17, 15) is 17.6 Å². The summed E-state index contributed by atoms with van der Waals surface area (Å²) in [4.78, 5) is 14.9. The first kappa shape index (κ1) is 25.2. The molecule has 0 unspecified atom stereocenters. The van der Waals surface area contributed by atoms with Crippen molar-refractivity contribution >= 4 is 32.5 Å². The van der Waals surface area contributed by atoms with Gasteiger partial charge in [0.15, 0.2) is 0 Å². The fourth-order valence-electron chi connectivity index (χ4n) is 4.69. The molecule has 1 amide bonds. The van der Waals surface area contributed by atoms with E-state index in [1.54, 1.807) is 6.07 Å². The van der Waals surface area contributed by atoms with Crippen LogP contribution in [0.2, 0.25) is 0 Å². The van der Waals surface area contributed by atoms with Crippen molar-refractivity contribution in [3.05, 3.63) is 60.0 Å². The van der Waals surface area contributed by atoms with E-state index < -0.39 is 15.8 Å². The van der Waals surface area contributed by atoms with Gasteiger partial charge < -0.3 is 9.47 Å². The number of carbonyl (C=O) groups excluding carboxylic acids is 1. The number of sulfonamides is 1. The maximum Gasteiger partial charge on any atom is 0.261 e. The molecule has 1 saturated heterocycles. The second-order valence-corrected chi connectivity index (χ2v) is 12.4. The van der Waals surface area contributed by atoms with Gasteiger partial charge in [-0.3, -0.25) is 9.52 Å². The van der Waals surface area contributed by atoms with Crippen LogP contribution in [0.4, 0.5) is 10.1 Å². The second kappa shape index (κ2) is 9.30. The molecule has 1 aliphatic rings. The van der Waals surface area contributed by atoms with Crippen LogP contribution in [0.25, 0.3) is 10.9 Å². The minimum absolute atomic E-state index is 0.00815. The number of nitrogens with one attached hydrogen (secondary N) is 1. The number of carbonyl (C=O) groups is 1. The van der Waals surface area contributed by atoms with E-state index in [4.69, 9.17) is 0 Å². The quantitative estimate of drug-likeness (QED) is 0.503. The summed E-state index contributed by atoms with van der Waals surface area (Å²) in [6, 6.07) is 10.3. The Morgan fingerprint density at radius 1 is 1.09 bits per heavy atom. The van der Waals surface area contributed by atoms with Crippen LogP contribution in [0.15, 0.2) is 53.6 Å². The lowest BCUT2D eigenvalue weighted by atomic mass is 9.80. The van der Waals surface area contributed by atoms with Crippen molar-refractivity contribution in [2.45, 2.75) is 51.3 Å². The lowest BCUT2D eigenvalue weighted by Gasteiger charge is -2.36. The number of amides is 1. The molecule has 35 heavy (non-hydrogen) atoms. The number of fused-ring (bicyclic) bond motifs is 1. The predicted molar refractivity (Wildman–Crippen MR) is 137 cm³/mol. The summed E-state index contributed by atoms with van der Waals surface area (Å²) < 4.78 is 43.5. The minimum atomic E-state index is -3.83. The first-order valence-corrected chi connectivity index (χ1v) is 13.5. The molecule has 3 aromatic rings. The molecule has 2 heterocycles. The van der Waals surface area contributed by atoms with Gasteiger partial charge in [-0.15, -0.1) is 0 Å². The monoisotopic (exact) mass is 499 g/mol. The highest BCUT2D eigenvalue weighted by atomic mass is 32.2. The molecule has 1 aromatic heterocycles. The lowest BCUT2D eigenvalue weighted by molar-refractivity contribution is -0.139. The van der Waals surface area contributed by atoms with Gasteiger partial charge in [-0.1, -0.05) is 27.7 Å². The van der Waals surface area contributed by atoms with Crippen LogP contribution in [0.5, 0.6) is 0 Å². The van der Waals surface area contributed by atoms with Crippen molar-refractivity contribution in [1.82, 2.24) is 9.47 Å². The molecule has 1 N–H and O–H groups in total. The highest BCUT2D eigenvalue weighted by Gasteiger charge is 2.33. The topological polar surface area (TPSA) is 71.4 Å². The Hall–Kier alpha value is -2.87. The molecule has 188 valence electrons. The van der Waals surface area contributed by atoms with Gasteiger partial charge in [0, 0.05) is 48.8 Å². The Bertz CT molecular complexity index is 1330. The third-order valence-corrected chi connectivity index (χ3v) is 8.71. The maximum atomic E-state index is 13.2. The van der Waals surface area contributed by atoms with Crippen molar-refractivity contribution in [1.29, 1.82) is 0 Å². The third kappa shape index (κ3) is 5.22. The number of aromatic nitrogens is 1. The number of likely N-dealkylation sites (tertiary alicyclic amines) is 1. The van der Waals surface area contributed by atoms with E-state index in [1.807, 2.05) is 31.0 Å². The van der Waals surface area contributed by atoms with Crippen LogP contribution in [0.1, 0.15) is 52.0 Å². The third-order valence-electron chi connectivity index (χ3n) is 7.31. The molecule has 1 fully saturated rings. The molecule has 8 heteroatoms. The summed E-state index contributed by atoms with van der Waals surface area (Å²) in [5.41, 5.74) is 2.58. The normalized spacial score (nSPS) is 16.5. The van der Waals surface area contributed by atoms with Gasteiger partial charge in [0.05, 0.1) is 4.90 Å². The highest BCUT2D eigenvalue weighted by molar-refractivity contribution is 7.92. The Labute approximate surface area is 207 Å². The van der Waals surface area contributed by atoms with E-state index in [0.717, 1.165) is 49.0 Å². The van der Waals surface area contributed by atoms with Crippen LogP contribution in [-0.4, -0.2) is 36.9 Å². The molecular formula is C27H34FN3O3S. The van der Waals surface area contributed by atoms with Crippen LogP contribution in [-0.2, 0) is 21.9 Å². The zero-order valence-corrected chi connectivity index (χ0v) is 21.8. The average molecular weight is 500 g/mol. The number of anilines is 1. The smallest absolute Gasteiger partial charge is 0.261 e. The highest BCUT2D eigenvalue weighted by Crippen LogP contribution is 2.37. The summed E-state index contributed by atoms with van der Waals surface area (Å²) in [5.74, 6) is -0.0174. The van der Waals surface area contributed by atoms with Gasteiger partial charge in [-0.25, -0.2) is 12.8 Å². The van der Waals surface area contributed by atoms with Crippen LogP contribution < -0.4 is 4.72 Å². The van der Waals surface area contributed by atoms with Crippen molar-refractivity contribution < 1.29 is 17.6 Å². The summed E-state index contributed by atoms with van der Waals surface area (Å²) in [6.45, 7) is 9.74. The molecule has 2 aromatic carbocycles. The number of aryl methyl sites for hydroxylation is 1. The molecule has 1 atom stereocenters. The molecule has 0 bridgehead atoms. The van der Waals surface area contributed by atoms with Gasteiger partial charge in [0.1, 0.15) is 5.82 Å². The number of nitrogens with zero attached hydrogens (tertiary/aromatic N) is 2. The molecule has 6 nitrogen and oxygen atoms in total. The van der Waals surface area contributed by atoms with E-state index in [1.165, 1.54) is 17.7 Å². The van der Waals surface area contributed by atoms with Crippen molar-refractivity contribution in [3.63, 3.8) is 0 Å². The molecule has 4 rings (SSSR count). The van der Waals surface area contributed by atoms with E-state index >= 15 is 0 Å². The van der Waals surface area contributed by atoms with Gasteiger partial charge >= 0.3 is 0 Å². The fourth-order valence-corrected chi connectivity index (χ4v) is 5.74. The molecular weight excluding hydrogens is 465 g/mol. The predicted octanol–water partition coefficient (Wildman–Crippen LogP) is 5.51. The number of benzene rings is 2. The SMILES string of the molecule is C[C@@H](C(=O)N1CCC(c2cn(C)c3ccc(NS(=O)(=O)c4ccc(F)cc4)cc23)CC1)C(C)(C)C. The summed E-state index contributed by atoms with van der Waals surface area (Å²) >= 11 is 0. The Balaban J connectivity index is 1.54. The van der Waals surface area contributed by atoms with Crippen molar-refractivity contribution in [3.8, 4) is 0 Å². The first-order chi connectivity index (χ1) is 16.4. The minimum Gasteiger partial charge on any atom is -0.350 e. The van der Waals surface area contributed by atoms with Crippen molar-refractivity contribution in [2.75, 3.05) is 17.8 Å². The fraction of sp³-hybridized carbons (Fsp3) is 0.444.